The number of carbonyl (C=O) groups is 3. The van der Waals surface area contributed by atoms with Crippen molar-refractivity contribution in [2.75, 3.05) is 52.5 Å². The maximum atomic E-state index is 13.3. The summed E-state index contributed by atoms with van der Waals surface area (Å²) in [5.41, 5.74) is 0.336. The average Bonchev–Trinajstić information content (AvgIpc) is 3.20. The van der Waals surface area contributed by atoms with E-state index in [0.29, 0.717) is 24.3 Å². The first-order chi connectivity index (χ1) is 27.3. The van der Waals surface area contributed by atoms with E-state index in [4.69, 9.17) is 14.2 Å². The fourth-order valence-corrected chi connectivity index (χ4v) is 11.2. The van der Waals surface area contributed by atoms with Gasteiger partial charge in [-0.3, -0.25) is 14.4 Å². The Balaban J connectivity index is 0.977. The van der Waals surface area contributed by atoms with Crippen molar-refractivity contribution >= 4 is 17.9 Å². The lowest BCUT2D eigenvalue weighted by Gasteiger charge is -2.57. The molecular weight excluding hydrogens is 701 g/mol. The summed E-state index contributed by atoms with van der Waals surface area (Å²) in [5.74, 6) is 1.56. The van der Waals surface area contributed by atoms with Gasteiger partial charge >= 0.3 is 17.9 Å². The van der Waals surface area contributed by atoms with Crippen LogP contribution in [0.2, 0.25) is 0 Å². The van der Waals surface area contributed by atoms with E-state index < -0.39 is 0 Å². The van der Waals surface area contributed by atoms with Crippen LogP contribution in [0, 0.1) is 35.0 Å². The highest BCUT2D eigenvalue weighted by atomic mass is 16.6. The molecule has 1 atom stereocenters. The molecule has 8 heteroatoms. The van der Waals surface area contributed by atoms with Crippen LogP contribution in [0.15, 0.2) is 24.3 Å². The van der Waals surface area contributed by atoms with Gasteiger partial charge in [0, 0.05) is 18.9 Å². The molecule has 1 unspecified atom stereocenters. The first kappa shape index (κ1) is 44.9. The van der Waals surface area contributed by atoms with Gasteiger partial charge in [-0.2, -0.15) is 0 Å². The number of nitrogens with zero attached hydrogens (tertiary/aromatic N) is 2. The molecule has 2 heterocycles. The molecule has 0 aromatic heterocycles. The van der Waals surface area contributed by atoms with E-state index in [1.807, 2.05) is 0 Å². The third-order valence-corrected chi connectivity index (χ3v) is 14.2. The van der Waals surface area contributed by atoms with Gasteiger partial charge in [-0.15, -0.1) is 0 Å². The molecule has 56 heavy (non-hydrogen) atoms. The molecule has 0 radical (unpaired) electrons. The van der Waals surface area contributed by atoms with Gasteiger partial charge in [-0.25, -0.2) is 0 Å². The normalized spacial score (nSPS) is 26.6. The molecule has 4 saturated carbocycles. The summed E-state index contributed by atoms with van der Waals surface area (Å²) in [7, 11) is 0. The first-order valence-electron chi connectivity index (χ1n) is 23.6. The highest BCUT2D eigenvalue weighted by Gasteiger charge is 2.50. The largest absolute Gasteiger partial charge is 0.465 e. The third kappa shape index (κ3) is 15.5. The van der Waals surface area contributed by atoms with E-state index in [0.717, 1.165) is 102 Å². The summed E-state index contributed by atoms with van der Waals surface area (Å²) < 4.78 is 17.4. The molecule has 4 bridgehead atoms. The fraction of sp³-hybridized carbons (Fsp3) is 0.854. The summed E-state index contributed by atoms with van der Waals surface area (Å²) in [4.78, 5) is 44.2. The van der Waals surface area contributed by atoms with Gasteiger partial charge in [0.25, 0.3) is 0 Å². The molecule has 2 aliphatic heterocycles. The zero-order valence-electron chi connectivity index (χ0n) is 35.7. The summed E-state index contributed by atoms with van der Waals surface area (Å²) >= 11 is 0. The number of ether oxygens (including phenoxy) is 3. The minimum Gasteiger partial charge on any atom is -0.465 e. The van der Waals surface area contributed by atoms with Gasteiger partial charge < -0.3 is 24.0 Å². The number of carbonyl (C=O) groups excluding carboxylic acids is 3. The molecule has 6 rings (SSSR count). The van der Waals surface area contributed by atoms with Crippen molar-refractivity contribution in [3.8, 4) is 0 Å². The highest BCUT2D eigenvalue weighted by molar-refractivity contribution is 5.72. The SMILES string of the molecule is CCCCC/C=C\C/C=C\CCCCCCCC(=O)OCC(COC(=O)CCC12CC3CC(CC(C3)C1)C2)COC(=O)C1CCN(C2CCN(CC)CC2)CC1. The third-order valence-electron chi connectivity index (χ3n) is 14.2. The Morgan fingerprint density at radius 2 is 1.20 bits per heavy atom. The predicted octanol–water partition coefficient (Wildman–Crippen LogP) is 10.2. The number of likely N-dealkylation sites (tertiary alicyclic amines) is 2. The first-order valence-corrected chi connectivity index (χ1v) is 23.6. The molecule has 0 aromatic carbocycles. The number of rotatable bonds is 26. The zero-order chi connectivity index (χ0) is 39.4. The molecule has 0 spiro atoms. The molecule has 6 aliphatic rings. The van der Waals surface area contributed by atoms with Gasteiger partial charge in [-0.1, -0.05) is 70.3 Å². The van der Waals surface area contributed by atoms with Crippen molar-refractivity contribution in [3.63, 3.8) is 0 Å². The maximum Gasteiger partial charge on any atom is 0.309 e. The highest BCUT2D eigenvalue weighted by Crippen LogP contribution is 2.61. The minimum absolute atomic E-state index is 0.101. The molecule has 0 aromatic rings. The Morgan fingerprint density at radius 1 is 0.643 bits per heavy atom. The van der Waals surface area contributed by atoms with Crippen LogP contribution in [0.25, 0.3) is 0 Å². The number of allylic oxidation sites excluding steroid dienone is 4. The predicted molar refractivity (Wildman–Crippen MR) is 225 cm³/mol. The van der Waals surface area contributed by atoms with E-state index in [1.54, 1.807) is 0 Å². The molecule has 0 N–H and O–H groups in total. The van der Waals surface area contributed by atoms with Gasteiger partial charge in [0.05, 0.1) is 11.8 Å². The van der Waals surface area contributed by atoms with E-state index in [-0.39, 0.29) is 49.6 Å². The van der Waals surface area contributed by atoms with Gasteiger partial charge in [0.1, 0.15) is 19.8 Å². The van der Waals surface area contributed by atoms with Crippen molar-refractivity contribution < 1.29 is 28.6 Å². The summed E-state index contributed by atoms with van der Waals surface area (Å²) in [6.45, 7) is 10.1. The summed E-state index contributed by atoms with van der Waals surface area (Å²) in [6.07, 6.45) is 35.5. The van der Waals surface area contributed by atoms with E-state index in [1.165, 1.54) is 89.9 Å². The topological polar surface area (TPSA) is 85.4 Å². The van der Waals surface area contributed by atoms with Gasteiger partial charge in [0.15, 0.2) is 0 Å². The smallest absolute Gasteiger partial charge is 0.309 e. The molecule has 318 valence electrons. The van der Waals surface area contributed by atoms with E-state index >= 15 is 0 Å². The standard InChI is InChI=1S/C48H80N2O6/c1-3-5-6-7-8-9-10-11-12-13-14-15-16-17-18-19-45(51)54-36-42(37-55-46(52)20-25-48-33-39-30-40(34-48)32-41(31-39)35-48)38-56-47(53)43-21-28-50(29-22-43)44-23-26-49(4-2)27-24-44/h8-9,11-12,39-44H,3-7,10,13-38H2,1-2H3/b9-8-,12-11-. The van der Waals surface area contributed by atoms with Crippen LogP contribution in [-0.2, 0) is 28.6 Å². The lowest BCUT2D eigenvalue weighted by molar-refractivity contribution is -0.157. The second-order valence-corrected chi connectivity index (χ2v) is 18.7. The van der Waals surface area contributed by atoms with E-state index in [2.05, 4.69) is 48.0 Å². The van der Waals surface area contributed by atoms with Crippen LogP contribution in [0.1, 0.15) is 168 Å². The average molecular weight is 781 g/mol. The second kappa shape index (κ2) is 24.7. The number of hydrogen-bond acceptors (Lipinski definition) is 8. The van der Waals surface area contributed by atoms with Crippen LogP contribution in [-0.4, -0.2) is 86.3 Å². The van der Waals surface area contributed by atoms with Crippen LogP contribution in [0.4, 0.5) is 0 Å². The fourth-order valence-electron chi connectivity index (χ4n) is 11.2. The number of piperidine rings is 2. The lowest BCUT2D eigenvalue weighted by atomic mass is 9.48. The zero-order valence-corrected chi connectivity index (χ0v) is 35.7. The van der Waals surface area contributed by atoms with Crippen molar-refractivity contribution in [2.45, 2.75) is 174 Å². The number of hydrogen-bond donors (Lipinski definition) is 0. The number of esters is 3. The summed E-state index contributed by atoms with van der Waals surface area (Å²) in [6, 6.07) is 0.622. The lowest BCUT2D eigenvalue weighted by Crippen LogP contribution is -2.48. The second-order valence-electron chi connectivity index (χ2n) is 18.7. The van der Waals surface area contributed by atoms with Gasteiger partial charge in [-0.05, 0) is 165 Å². The van der Waals surface area contributed by atoms with Crippen LogP contribution >= 0.6 is 0 Å². The van der Waals surface area contributed by atoms with Crippen LogP contribution in [0.3, 0.4) is 0 Å². The Morgan fingerprint density at radius 3 is 1.80 bits per heavy atom. The van der Waals surface area contributed by atoms with E-state index in [9.17, 15) is 14.4 Å². The molecule has 2 saturated heterocycles. The summed E-state index contributed by atoms with van der Waals surface area (Å²) in [5, 5.41) is 0. The Bertz CT molecular complexity index is 1180. The maximum absolute atomic E-state index is 13.3. The molecule has 8 nitrogen and oxygen atoms in total. The quantitative estimate of drug-likeness (QED) is 0.0371. The molecule has 6 fully saturated rings. The number of unbranched alkanes of at least 4 members (excludes halogenated alkanes) is 8. The van der Waals surface area contributed by atoms with Crippen LogP contribution < -0.4 is 0 Å². The van der Waals surface area contributed by atoms with Crippen molar-refractivity contribution in [1.29, 1.82) is 0 Å². The van der Waals surface area contributed by atoms with Crippen LogP contribution in [0.5, 0.6) is 0 Å². The van der Waals surface area contributed by atoms with Crippen molar-refractivity contribution in [3.05, 3.63) is 24.3 Å². The molecular formula is C48H80N2O6. The molecule has 0 amide bonds. The Hall–Kier alpha value is -2.19. The Kier molecular flexibility index (Phi) is 19.8. The van der Waals surface area contributed by atoms with Crippen molar-refractivity contribution in [2.24, 2.45) is 35.0 Å². The molecule has 4 aliphatic carbocycles. The Labute approximate surface area is 341 Å². The van der Waals surface area contributed by atoms with Crippen molar-refractivity contribution in [1.82, 2.24) is 9.80 Å². The minimum atomic E-state index is -0.361. The monoisotopic (exact) mass is 781 g/mol. The van der Waals surface area contributed by atoms with Gasteiger partial charge in [0.2, 0.25) is 0 Å².